The molecule has 148 valence electrons. The van der Waals surface area contributed by atoms with Crippen molar-refractivity contribution in [1.82, 2.24) is 9.21 Å². The van der Waals surface area contributed by atoms with Crippen molar-refractivity contribution in [3.8, 4) is 0 Å². The van der Waals surface area contributed by atoms with Crippen LogP contribution in [0.5, 0.6) is 0 Å². The van der Waals surface area contributed by atoms with Crippen LogP contribution in [0, 0.1) is 0 Å². The zero-order valence-corrected chi connectivity index (χ0v) is 16.6. The van der Waals surface area contributed by atoms with E-state index in [9.17, 15) is 13.2 Å². The number of anilines is 1. The molecule has 0 bridgehead atoms. The van der Waals surface area contributed by atoms with Crippen molar-refractivity contribution in [3.63, 3.8) is 0 Å². The van der Waals surface area contributed by atoms with Gasteiger partial charge in [-0.2, -0.15) is 4.31 Å². The van der Waals surface area contributed by atoms with Gasteiger partial charge in [0, 0.05) is 50.5 Å². The molecule has 2 heterocycles. The molecule has 2 aliphatic heterocycles. The first-order valence-corrected chi connectivity index (χ1v) is 11.2. The van der Waals surface area contributed by atoms with Crippen molar-refractivity contribution in [2.45, 2.75) is 17.7 Å². The molecule has 28 heavy (non-hydrogen) atoms. The number of carbonyl (C=O) groups is 1. The lowest BCUT2D eigenvalue weighted by molar-refractivity contribution is 0.0698. The number of hydrogen-bond donors (Lipinski definition) is 0. The fourth-order valence-electron chi connectivity index (χ4n) is 3.85. The molecule has 2 saturated heterocycles. The summed E-state index contributed by atoms with van der Waals surface area (Å²) in [5, 5.41) is 0. The largest absolute Gasteiger partial charge is 0.372 e. The fraction of sp³-hybridized carbons (Fsp3) is 0.381. The van der Waals surface area contributed by atoms with E-state index in [2.05, 4.69) is 4.90 Å². The van der Waals surface area contributed by atoms with Crippen LogP contribution in [0.2, 0.25) is 0 Å². The monoisotopic (exact) mass is 399 g/mol. The Morgan fingerprint density at radius 1 is 0.750 bits per heavy atom. The molecule has 0 unspecified atom stereocenters. The molecule has 0 atom stereocenters. The van der Waals surface area contributed by atoms with Crippen molar-refractivity contribution in [2.24, 2.45) is 0 Å². The second-order valence-electron chi connectivity index (χ2n) is 7.25. The minimum atomic E-state index is -3.50. The fourth-order valence-corrected chi connectivity index (χ4v) is 5.29. The molecule has 4 rings (SSSR count). The van der Waals surface area contributed by atoms with Crippen molar-refractivity contribution in [3.05, 3.63) is 60.2 Å². The number of amides is 1. The van der Waals surface area contributed by atoms with Gasteiger partial charge in [0.1, 0.15) is 0 Å². The quantitative estimate of drug-likeness (QED) is 0.792. The molecule has 0 spiro atoms. The highest BCUT2D eigenvalue weighted by Gasteiger charge is 2.30. The summed E-state index contributed by atoms with van der Waals surface area (Å²) in [4.78, 5) is 17.2. The lowest BCUT2D eigenvalue weighted by atomic mass is 10.1. The van der Waals surface area contributed by atoms with Gasteiger partial charge in [-0.15, -0.1) is 0 Å². The molecule has 1 amide bonds. The van der Waals surface area contributed by atoms with Crippen LogP contribution in [0.1, 0.15) is 23.2 Å². The molecule has 0 aromatic heterocycles. The summed E-state index contributed by atoms with van der Waals surface area (Å²) in [6.07, 6.45) is 2.44. The van der Waals surface area contributed by atoms with Crippen molar-refractivity contribution >= 4 is 21.6 Å². The highest BCUT2D eigenvalue weighted by Crippen LogP contribution is 2.22. The van der Waals surface area contributed by atoms with E-state index < -0.39 is 10.0 Å². The van der Waals surface area contributed by atoms with Gasteiger partial charge in [0.2, 0.25) is 10.0 Å². The highest BCUT2D eigenvalue weighted by molar-refractivity contribution is 7.89. The molecule has 6 nitrogen and oxygen atoms in total. The van der Waals surface area contributed by atoms with E-state index in [1.165, 1.54) is 17.1 Å². The van der Waals surface area contributed by atoms with Crippen LogP contribution in [-0.2, 0) is 10.0 Å². The third-order valence-electron chi connectivity index (χ3n) is 5.49. The molecule has 7 heteroatoms. The summed E-state index contributed by atoms with van der Waals surface area (Å²) < 4.78 is 26.9. The molecule has 0 saturated carbocycles. The number of rotatable bonds is 4. The molecular weight excluding hydrogens is 374 g/mol. The van der Waals surface area contributed by atoms with E-state index in [0.29, 0.717) is 36.6 Å². The van der Waals surface area contributed by atoms with Crippen molar-refractivity contribution in [1.29, 1.82) is 0 Å². The molecule has 0 radical (unpaired) electrons. The van der Waals surface area contributed by atoms with Crippen molar-refractivity contribution in [2.75, 3.05) is 44.2 Å². The van der Waals surface area contributed by atoms with E-state index in [0.717, 1.165) is 18.8 Å². The third kappa shape index (κ3) is 3.77. The first-order valence-electron chi connectivity index (χ1n) is 9.75. The second-order valence-corrected chi connectivity index (χ2v) is 9.19. The van der Waals surface area contributed by atoms with Crippen LogP contribution in [0.15, 0.2) is 59.5 Å². The van der Waals surface area contributed by atoms with Gasteiger partial charge < -0.3 is 9.80 Å². The van der Waals surface area contributed by atoms with E-state index in [1.54, 1.807) is 35.2 Å². The van der Waals surface area contributed by atoms with Gasteiger partial charge in [0.05, 0.1) is 4.90 Å². The Morgan fingerprint density at radius 3 is 1.96 bits per heavy atom. The van der Waals surface area contributed by atoms with Gasteiger partial charge in [0.25, 0.3) is 5.91 Å². The molecular formula is C21H25N3O3S. The summed E-state index contributed by atoms with van der Waals surface area (Å²) in [5.74, 6) is -0.0373. The van der Waals surface area contributed by atoms with E-state index in [4.69, 9.17) is 0 Å². The Bertz CT molecular complexity index is 915. The SMILES string of the molecule is O=C(c1ccc(N2CCCC2)cc1)N1CCN(S(=O)(=O)c2ccccc2)CC1. The minimum absolute atomic E-state index is 0.0373. The van der Waals surface area contributed by atoms with E-state index >= 15 is 0 Å². The molecule has 2 aromatic rings. The number of sulfonamides is 1. The predicted molar refractivity (Wildman–Crippen MR) is 109 cm³/mol. The van der Waals surface area contributed by atoms with Crippen molar-refractivity contribution < 1.29 is 13.2 Å². The van der Waals surface area contributed by atoms with Crippen LogP contribution < -0.4 is 4.90 Å². The second kappa shape index (κ2) is 7.93. The first kappa shape index (κ1) is 19.0. The maximum Gasteiger partial charge on any atom is 0.253 e. The molecule has 2 aliphatic rings. The molecule has 2 aromatic carbocycles. The van der Waals surface area contributed by atoms with Gasteiger partial charge in [0.15, 0.2) is 0 Å². The van der Waals surface area contributed by atoms with Crippen LogP contribution in [0.3, 0.4) is 0 Å². The smallest absolute Gasteiger partial charge is 0.253 e. The summed E-state index contributed by atoms with van der Waals surface area (Å²) >= 11 is 0. The summed E-state index contributed by atoms with van der Waals surface area (Å²) in [6, 6.07) is 16.2. The minimum Gasteiger partial charge on any atom is -0.372 e. The Morgan fingerprint density at radius 2 is 1.36 bits per heavy atom. The standard InChI is InChI=1S/C21H25N3O3S/c25-21(18-8-10-19(11-9-18)22-12-4-5-13-22)23-14-16-24(17-15-23)28(26,27)20-6-2-1-3-7-20/h1-3,6-11H,4-5,12-17H2. The zero-order chi connectivity index (χ0) is 19.6. The topological polar surface area (TPSA) is 60.9 Å². The summed E-state index contributed by atoms with van der Waals surface area (Å²) in [6.45, 7) is 3.58. The van der Waals surface area contributed by atoms with Crippen LogP contribution in [-0.4, -0.2) is 62.8 Å². The van der Waals surface area contributed by atoms with Gasteiger partial charge in [-0.25, -0.2) is 8.42 Å². The normalized spacial score (nSPS) is 18.4. The highest BCUT2D eigenvalue weighted by atomic mass is 32.2. The zero-order valence-electron chi connectivity index (χ0n) is 15.8. The lowest BCUT2D eigenvalue weighted by Gasteiger charge is -2.34. The number of piperazine rings is 1. The van der Waals surface area contributed by atoms with E-state index in [-0.39, 0.29) is 5.91 Å². The predicted octanol–water partition coefficient (Wildman–Crippen LogP) is 2.43. The average molecular weight is 400 g/mol. The Kier molecular flexibility index (Phi) is 5.37. The Hall–Kier alpha value is -2.38. The van der Waals surface area contributed by atoms with Crippen LogP contribution >= 0.6 is 0 Å². The van der Waals surface area contributed by atoms with Gasteiger partial charge in [-0.3, -0.25) is 4.79 Å². The Balaban J connectivity index is 1.39. The van der Waals surface area contributed by atoms with Gasteiger partial charge >= 0.3 is 0 Å². The van der Waals surface area contributed by atoms with Gasteiger partial charge in [-0.05, 0) is 49.2 Å². The van der Waals surface area contributed by atoms with E-state index in [1.807, 2.05) is 24.3 Å². The lowest BCUT2D eigenvalue weighted by Crippen LogP contribution is -2.50. The average Bonchev–Trinajstić information content (AvgIpc) is 3.29. The maximum atomic E-state index is 12.8. The molecule has 2 fully saturated rings. The first-order chi connectivity index (χ1) is 13.6. The van der Waals surface area contributed by atoms with Gasteiger partial charge in [-0.1, -0.05) is 18.2 Å². The third-order valence-corrected chi connectivity index (χ3v) is 7.41. The number of nitrogens with zero attached hydrogens (tertiary/aromatic N) is 3. The Labute approximate surface area is 166 Å². The van der Waals surface area contributed by atoms with Crippen LogP contribution in [0.4, 0.5) is 5.69 Å². The maximum absolute atomic E-state index is 12.8. The summed E-state index contributed by atoms with van der Waals surface area (Å²) in [5.41, 5.74) is 1.81. The number of hydrogen-bond acceptors (Lipinski definition) is 4. The molecule has 0 N–H and O–H groups in total. The molecule has 0 aliphatic carbocycles. The number of carbonyl (C=O) groups excluding carboxylic acids is 1. The van der Waals surface area contributed by atoms with Crippen LogP contribution in [0.25, 0.3) is 0 Å². The summed E-state index contributed by atoms with van der Waals surface area (Å²) in [7, 11) is -3.50. The number of benzene rings is 2.